The van der Waals surface area contributed by atoms with Crippen molar-refractivity contribution in [1.29, 1.82) is 0 Å². The zero-order chi connectivity index (χ0) is 27.2. The summed E-state index contributed by atoms with van der Waals surface area (Å²) >= 11 is 0. The summed E-state index contributed by atoms with van der Waals surface area (Å²) in [6.07, 6.45) is 1.07. The summed E-state index contributed by atoms with van der Waals surface area (Å²) in [4.78, 5) is 19.4. The molecule has 4 nitrogen and oxygen atoms in total. The summed E-state index contributed by atoms with van der Waals surface area (Å²) in [7, 11) is -3.12. The Morgan fingerprint density at radius 1 is 0.711 bits per heavy atom. The van der Waals surface area contributed by atoms with Crippen molar-refractivity contribution in [2.75, 3.05) is 0 Å². The van der Waals surface area contributed by atoms with E-state index in [1.807, 2.05) is 74.5 Å². The average molecular weight is 506 g/mol. The quantitative estimate of drug-likeness (QED) is 0.106. The minimum atomic E-state index is -3.12. The molecule has 2 heterocycles. The van der Waals surface area contributed by atoms with Crippen molar-refractivity contribution in [3.63, 3.8) is 0 Å². The van der Waals surface area contributed by atoms with E-state index in [2.05, 4.69) is 33.6 Å². The van der Waals surface area contributed by atoms with Crippen LogP contribution in [0.5, 0.6) is 0 Å². The first-order valence-corrected chi connectivity index (χ1v) is 12.0. The van der Waals surface area contributed by atoms with Gasteiger partial charge in [0.25, 0.3) is 0 Å². The highest BCUT2D eigenvalue weighted by molar-refractivity contribution is 6.36. The molecule has 0 saturated heterocycles. The number of allylic oxidation sites excluding steroid dienone is 1. The third kappa shape index (κ3) is 5.96. The number of aromatic nitrogens is 2. The lowest BCUT2D eigenvalue weighted by Gasteiger charge is -2.08. The summed E-state index contributed by atoms with van der Waals surface area (Å²) in [6, 6.07) is 18.9. The van der Waals surface area contributed by atoms with Gasteiger partial charge in [-0.25, -0.2) is 8.63 Å². The summed E-state index contributed by atoms with van der Waals surface area (Å²) in [6.45, 7) is 7.25. The number of H-pyrrole nitrogens is 2. The number of rotatable bonds is 5. The summed E-state index contributed by atoms with van der Waals surface area (Å²) < 4.78 is 31.6. The molecule has 0 atom stereocenters. The predicted molar refractivity (Wildman–Crippen MR) is 147 cm³/mol. The highest BCUT2D eigenvalue weighted by atomic mass is 19.2. The van der Waals surface area contributed by atoms with E-state index in [9.17, 15) is 13.4 Å². The van der Waals surface area contributed by atoms with Crippen molar-refractivity contribution in [1.82, 2.24) is 9.97 Å². The van der Waals surface area contributed by atoms with Crippen LogP contribution in [0.15, 0.2) is 66.7 Å². The van der Waals surface area contributed by atoms with Gasteiger partial charge in [0, 0.05) is 17.2 Å². The highest BCUT2D eigenvalue weighted by Gasteiger charge is 2.25. The zero-order valence-electron chi connectivity index (χ0n) is 21.5. The minimum absolute atomic E-state index is 0.262. The van der Waals surface area contributed by atoms with Crippen LogP contribution in [-0.4, -0.2) is 23.2 Å². The number of ketones is 1. The monoisotopic (exact) mass is 506 g/mol. The lowest BCUT2D eigenvalue weighted by Crippen LogP contribution is -2.08. The average Bonchev–Trinajstić information content (AvgIpc) is 3.36. The van der Waals surface area contributed by atoms with Crippen LogP contribution >= 0.6 is 0 Å². The maximum atomic E-state index is 13.4. The molecule has 0 saturated carbocycles. The number of nitrogens with one attached hydrogen (secondary N) is 2. The first kappa shape index (κ1) is 26.3. The maximum Gasteiger partial charge on any atom is 0.796 e. The van der Waals surface area contributed by atoms with Gasteiger partial charge in [-0.15, -0.1) is 0 Å². The van der Waals surface area contributed by atoms with Gasteiger partial charge >= 0.3 is 7.47 Å². The van der Waals surface area contributed by atoms with Crippen LogP contribution in [0.25, 0.3) is 5.76 Å². The molecule has 0 spiro atoms. The Morgan fingerprint density at radius 2 is 1.16 bits per heavy atom. The second-order valence-corrected chi connectivity index (χ2v) is 8.73. The first-order chi connectivity index (χ1) is 18.2. The number of hydrogen-bond donors (Lipinski definition) is 2. The molecule has 0 amide bonds. The summed E-state index contributed by atoms with van der Waals surface area (Å²) in [5.41, 5.74) is 6.29. The van der Waals surface area contributed by atoms with Crippen LogP contribution in [0.1, 0.15) is 61.0 Å². The molecule has 0 radical (unpaired) electrons. The fourth-order valence-corrected chi connectivity index (χ4v) is 3.88. The maximum absolute atomic E-state index is 13.4. The molecule has 0 unspecified atom stereocenters. The molecule has 38 heavy (non-hydrogen) atoms. The van der Waals surface area contributed by atoms with E-state index >= 15 is 0 Å². The number of benzene rings is 2. The van der Waals surface area contributed by atoms with Gasteiger partial charge in [-0.2, -0.15) is 0 Å². The van der Waals surface area contributed by atoms with E-state index in [0.717, 1.165) is 28.3 Å². The topological polar surface area (TPSA) is 57.9 Å². The van der Waals surface area contributed by atoms with Crippen molar-refractivity contribution < 1.29 is 18.1 Å². The van der Waals surface area contributed by atoms with E-state index in [-0.39, 0.29) is 17.1 Å². The number of aromatic amines is 2. The molecule has 4 rings (SSSR count). The normalized spacial score (nSPS) is 10.7. The second kappa shape index (κ2) is 11.5. The summed E-state index contributed by atoms with van der Waals surface area (Å²) in [5.74, 6) is 11.5. The Kier molecular flexibility index (Phi) is 7.99. The van der Waals surface area contributed by atoms with Gasteiger partial charge in [0.2, 0.25) is 5.78 Å². The van der Waals surface area contributed by atoms with Crippen LogP contribution in [0.4, 0.5) is 8.63 Å². The van der Waals surface area contributed by atoms with Crippen LogP contribution in [-0.2, 0) is 4.65 Å². The Labute approximate surface area is 221 Å². The van der Waals surface area contributed by atoms with Crippen molar-refractivity contribution in [3.8, 4) is 23.7 Å². The van der Waals surface area contributed by atoms with E-state index in [1.54, 1.807) is 13.8 Å². The third-order valence-corrected chi connectivity index (χ3v) is 6.31. The van der Waals surface area contributed by atoms with E-state index < -0.39 is 13.3 Å². The lowest BCUT2D eigenvalue weighted by molar-refractivity contribution is 0.104. The van der Waals surface area contributed by atoms with Gasteiger partial charge < -0.3 is 14.6 Å². The number of carbonyl (C=O) groups excluding carboxylic acids is 1. The lowest BCUT2D eigenvalue weighted by atomic mass is 10.1. The van der Waals surface area contributed by atoms with Gasteiger partial charge in [-0.05, 0) is 86.1 Å². The number of halogens is 2. The van der Waals surface area contributed by atoms with Crippen molar-refractivity contribution in [2.45, 2.75) is 27.7 Å². The van der Waals surface area contributed by atoms with Crippen LogP contribution in [0.2, 0.25) is 0 Å². The molecule has 0 aliphatic rings. The van der Waals surface area contributed by atoms with Crippen molar-refractivity contribution in [2.24, 2.45) is 0 Å². The molecule has 2 N–H and O–H groups in total. The highest BCUT2D eigenvalue weighted by Crippen LogP contribution is 2.27. The van der Waals surface area contributed by atoms with Gasteiger partial charge in [0.15, 0.2) is 0 Å². The number of hydrogen-bond acceptors (Lipinski definition) is 2. The largest absolute Gasteiger partial charge is 0.796 e. The molecule has 0 aliphatic heterocycles. The number of carbonyl (C=O) groups is 1. The first-order valence-electron chi connectivity index (χ1n) is 12.0. The molecule has 7 heteroatoms. The van der Waals surface area contributed by atoms with Crippen molar-refractivity contribution in [3.05, 3.63) is 123 Å². The molecule has 0 bridgehead atoms. The molecule has 0 fully saturated rings. The van der Waals surface area contributed by atoms with Gasteiger partial charge in [-0.1, -0.05) is 48.2 Å². The Bertz CT molecular complexity index is 1630. The SMILES string of the molecule is Cc1c(C#Cc2ccccc2)[nH]c(C(=O)/C=C(\OB(F)F)c2[nH]c(C#Cc3ccccc3)c(C)c2C)c1C. The Balaban J connectivity index is 1.69. The van der Waals surface area contributed by atoms with Crippen LogP contribution < -0.4 is 0 Å². The molecule has 0 aliphatic carbocycles. The van der Waals surface area contributed by atoms with Gasteiger partial charge in [0.05, 0.1) is 22.8 Å². The molecule has 2 aromatic heterocycles. The molecular weight excluding hydrogens is 481 g/mol. The molecule has 2 aromatic carbocycles. The van der Waals surface area contributed by atoms with Crippen molar-refractivity contribution >= 4 is 19.0 Å². The summed E-state index contributed by atoms with van der Waals surface area (Å²) in [5, 5.41) is 0. The third-order valence-electron chi connectivity index (χ3n) is 6.31. The molecular formula is C31H25BF2N2O2. The van der Waals surface area contributed by atoms with E-state index in [0.29, 0.717) is 22.5 Å². The standard InChI is InChI=1S/C31H25BF2N2O2/c1-20-22(3)30(35-26(20)17-15-24-11-7-5-8-12-24)28(37)19-29(38-32(33)34)31-23(4)21(2)27(36-31)18-16-25-13-9-6-10-14-25/h5-14,19,35-36H,1-4H3/b29-19-. The van der Waals surface area contributed by atoms with Gasteiger partial charge in [-0.3, -0.25) is 4.79 Å². The van der Waals surface area contributed by atoms with E-state index in [4.69, 9.17) is 4.65 Å². The molecule has 4 aromatic rings. The molecule has 188 valence electrons. The fourth-order valence-electron chi connectivity index (χ4n) is 3.88. The Hall–Kier alpha value is -4.75. The zero-order valence-corrected chi connectivity index (χ0v) is 21.5. The smallest absolute Gasteiger partial charge is 0.503 e. The van der Waals surface area contributed by atoms with Crippen LogP contribution in [0, 0.1) is 51.4 Å². The minimum Gasteiger partial charge on any atom is -0.503 e. The van der Waals surface area contributed by atoms with Crippen LogP contribution in [0.3, 0.4) is 0 Å². The second-order valence-electron chi connectivity index (χ2n) is 8.73. The van der Waals surface area contributed by atoms with E-state index in [1.165, 1.54) is 0 Å². The van der Waals surface area contributed by atoms with Gasteiger partial charge in [0.1, 0.15) is 5.76 Å². The Morgan fingerprint density at radius 3 is 1.63 bits per heavy atom. The fraction of sp³-hybridized carbons (Fsp3) is 0.129. The predicted octanol–water partition coefficient (Wildman–Crippen LogP) is 6.54.